The molecule has 0 atom stereocenters. The lowest BCUT2D eigenvalue weighted by Gasteiger charge is -2.31. The average molecular weight is 441 g/mol. The van der Waals surface area contributed by atoms with Crippen LogP contribution in [0.4, 0.5) is 4.79 Å². The van der Waals surface area contributed by atoms with Crippen molar-refractivity contribution in [3.05, 3.63) is 59.7 Å². The second kappa shape index (κ2) is 11.1. The summed E-state index contributed by atoms with van der Waals surface area (Å²) in [5, 5.41) is 14.3. The molecule has 0 saturated carbocycles. The van der Waals surface area contributed by atoms with Gasteiger partial charge in [0, 0.05) is 12.5 Å². The molecule has 172 valence electrons. The molecule has 0 radical (unpaired) electrons. The van der Waals surface area contributed by atoms with E-state index in [0.29, 0.717) is 26.0 Å². The van der Waals surface area contributed by atoms with Crippen LogP contribution >= 0.6 is 0 Å². The summed E-state index contributed by atoms with van der Waals surface area (Å²) in [6, 6.07) is 16.3. The first-order valence-corrected chi connectivity index (χ1v) is 11.2. The maximum atomic E-state index is 12.8. The van der Waals surface area contributed by atoms with Gasteiger partial charge in [-0.2, -0.15) is 0 Å². The molecule has 0 unspecified atom stereocenters. The van der Waals surface area contributed by atoms with E-state index >= 15 is 0 Å². The standard InChI is InChI=1S/C25H32N2O5/c1-3-25(4-2,23(29)26-13-15-31-16-14-28)27-24(30)32-17-22-20-11-7-5-9-18(20)19-10-6-8-12-21(19)22/h5-12,22,28H,3-4,13-17H2,1-2H3,(H,26,29)(H,27,30). The number of fused-ring (bicyclic) bond motifs is 3. The molecule has 0 aliphatic heterocycles. The van der Waals surface area contributed by atoms with E-state index in [1.54, 1.807) is 0 Å². The zero-order valence-corrected chi connectivity index (χ0v) is 18.7. The Bertz CT molecular complexity index is 881. The van der Waals surface area contributed by atoms with Gasteiger partial charge in [-0.15, -0.1) is 0 Å². The van der Waals surface area contributed by atoms with Gasteiger partial charge in [-0.25, -0.2) is 4.79 Å². The van der Waals surface area contributed by atoms with Gasteiger partial charge in [-0.3, -0.25) is 4.79 Å². The molecule has 3 rings (SSSR count). The topological polar surface area (TPSA) is 96.9 Å². The fraction of sp³-hybridized carbons (Fsp3) is 0.440. The number of aliphatic hydroxyl groups is 1. The smallest absolute Gasteiger partial charge is 0.408 e. The largest absolute Gasteiger partial charge is 0.449 e. The van der Waals surface area contributed by atoms with Crippen LogP contribution in [-0.4, -0.2) is 55.6 Å². The maximum absolute atomic E-state index is 12.8. The van der Waals surface area contributed by atoms with Crippen LogP contribution in [0.25, 0.3) is 11.1 Å². The third kappa shape index (κ3) is 5.11. The Morgan fingerprint density at radius 1 is 0.969 bits per heavy atom. The third-order valence-corrected chi connectivity index (χ3v) is 6.09. The number of ether oxygens (including phenoxy) is 2. The van der Waals surface area contributed by atoms with E-state index in [1.165, 1.54) is 0 Å². The summed E-state index contributed by atoms with van der Waals surface area (Å²) in [5.41, 5.74) is 3.55. The van der Waals surface area contributed by atoms with E-state index < -0.39 is 11.6 Å². The third-order valence-electron chi connectivity index (χ3n) is 6.09. The van der Waals surface area contributed by atoms with Gasteiger partial charge in [0.05, 0.1) is 19.8 Å². The molecule has 2 amide bonds. The predicted octanol–water partition coefficient (Wildman–Crippen LogP) is 3.21. The number of nitrogens with one attached hydrogen (secondary N) is 2. The van der Waals surface area contributed by atoms with Crippen molar-refractivity contribution in [1.29, 1.82) is 0 Å². The number of aliphatic hydroxyl groups excluding tert-OH is 1. The normalized spacial score (nSPS) is 12.7. The summed E-state index contributed by atoms with van der Waals surface area (Å²) in [5.74, 6) is -0.313. The second-order valence-electron chi connectivity index (χ2n) is 7.83. The zero-order valence-electron chi connectivity index (χ0n) is 18.7. The summed E-state index contributed by atoms with van der Waals surface area (Å²) in [4.78, 5) is 25.5. The molecule has 1 aliphatic carbocycles. The Labute approximate surface area is 189 Å². The molecule has 0 saturated heterocycles. The highest BCUT2D eigenvalue weighted by Gasteiger charge is 2.37. The van der Waals surface area contributed by atoms with Crippen molar-refractivity contribution in [3.8, 4) is 11.1 Å². The van der Waals surface area contributed by atoms with E-state index in [4.69, 9.17) is 14.6 Å². The van der Waals surface area contributed by atoms with Crippen LogP contribution in [0.1, 0.15) is 43.7 Å². The molecular weight excluding hydrogens is 408 g/mol. The van der Waals surface area contributed by atoms with E-state index in [1.807, 2.05) is 38.1 Å². The second-order valence-corrected chi connectivity index (χ2v) is 7.83. The fourth-order valence-corrected chi connectivity index (χ4v) is 4.21. The van der Waals surface area contributed by atoms with E-state index in [9.17, 15) is 9.59 Å². The van der Waals surface area contributed by atoms with Crippen LogP contribution in [0.2, 0.25) is 0 Å². The van der Waals surface area contributed by atoms with Crippen LogP contribution in [0.3, 0.4) is 0 Å². The molecule has 0 aromatic heterocycles. The van der Waals surface area contributed by atoms with Crippen LogP contribution in [0, 0.1) is 0 Å². The van der Waals surface area contributed by atoms with Crippen molar-refractivity contribution in [2.75, 3.05) is 33.0 Å². The van der Waals surface area contributed by atoms with E-state index in [-0.39, 0.29) is 31.6 Å². The maximum Gasteiger partial charge on any atom is 0.408 e. The molecule has 1 aliphatic rings. The fourth-order valence-electron chi connectivity index (χ4n) is 4.21. The van der Waals surface area contributed by atoms with Gasteiger partial charge >= 0.3 is 6.09 Å². The molecule has 0 bridgehead atoms. The van der Waals surface area contributed by atoms with Gasteiger partial charge < -0.3 is 25.2 Å². The summed E-state index contributed by atoms with van der Waals surface area (Å²) in [6.07, 6.45) is 0.246. The lowest BCUT2D eigenvalue weighted by atomic mass is 9.92. The monoisotopic (exact) mass is 440 g/mol. The molecular formula is C25H32N2O5. The number of amides is 2. The molecule has 2 aromatic carbocycles. The average Bonchev–Trinajstić information content (AvgIpc) is 3.14. The first-order valence-electron chi connectivity index (χ1n) is 11.2. The van der Waals surface area contributed by atoms with E-state index in [0.717, 1.165) is 22.3 Å². The number of benzene rings is 2. The lowest BCUT2D eigenvalue weighted by molar-refractivity contribution is -0.128. The number of carbonyl (C=O) groups is 2. The van der Waals surface area contributed by atoms with Crippen molar-refractivity contribution in [1.82, 2.24) is 10.6 Å². The zero-order chi connectivity index (χ0) is 23.0. The molecule has 0 fully saturated rings. The van der Waals surface area contributed by atoms with Crippen LogP contribution < -0.4 is 10.6 Å². The Kier molecular flexibility index (Phi) is 8.25. The number of rotatable bonds is 11. The summed E-state index contributed by atoms with van der Waals surface area (Å²) in [7, 11) is 0. The van der Waals surface area contributed by atoms with Crippen LogP contribution in [-0.2, 0) is 14.3 Å². The molecule has 32 heavy (non-hydrogen) atoms. The van der Waals surface area contributed by atoms with Crippen molar-refractivity contribution in [3.63, 3.8) is 0 Å². The minimum Gasteiger partial charge on any atom is -0.449 e. The van der Waals surface area contributed by atoms with Gasteiger partial charge in [-0.1, -0.05) is 62.4 Å². The number of carbonyl (C=O) groups excluding carboxylic acids is 2. The predicted molar refractivity (Wildman–Crippen MR) is 122 cm³/mol. The molecule has 0 spiro atoms. The minimum absolute atomic E-state index is 0.0386. The highest BCUT2D eigenvalue weighted by atomic mass is 16.5. The summed E-state index contributed by atoms with van der Waals surface area (Å²) >= 11 is 0. The van der Waals surface area contributed by atoms with Gasteiger partial charge in [0.25, 0.3) is 0 Å². The minimum atomic E-state index is -1.06. The summed E-state index contributed by atoms with van der Waals surface area (Å²) in [6.45, 7) is 4.66. The van der Waals surface area contributed by atoms with Crippen molar-refractivity contribution in [2.24, 2.45) is 0 Å². The van der Waals surface area contributed by atoms with Crippen molar-refractivity contribution >= 4 is 12.0 Å². The highest BCUT2D eigenvalue weighted by molar-refractivity contribution is 5.90. The van der Waals surface area contributed by atoms with Crippen molar-refractivity contribution in [2.45, 2.75) is 38.1 Å². The van der Waals surface area contributed by atoms with Gasteiger partial charge in [-0.05, 0) is 35.1 Å². The molecule has 3 N–H and O–H groups in total. The van der Waals surface area contributed by atoms with E-state index in [2.05, 4.69) is 34.9 Å². The SMILES string of the molecule is CCC(CC)(NC(=O)OCC1c2ccccc2-c2ccccc21)C(=O)NCCOCCO. The number of hydrogen-bond acceptors (Lipinski definition) is 5. The van der Waals surface area contributed by atoms with Crippen molar-refractivity contribution < 1.29 is 24.2 Å². The number of hydrogen-bond donors (Lipinski definition) is 3. The lowest BCUT2D eigenvalue weighted by Crippen LogP contribution is -2.58. The van der Waals surface area contributed by atoms with Crippen LogP contribution in [0.15, 0.2) is 48.5 Å². The molecule has 2 aromatic rings. The molecule has 7 nitrogen and oxygen atoms in total. The Balaban J connectivity index is 1.62. The number of alkyl carbamates (subject to hydrolysis) is 1. The molecule has 7 heteroatoms. The quantitative estimate of drug-likeness (QED) is 0.466. The highest BCUT2D eigenvalue weighted by Crippen LogP contribution is 2.44. The van der Waals surface area contributed by atoms with Gasteiger partial charge in [0.15, 0.2) is 0 Å². The Hall–Kier alpha value is -2.90. The summed E-state index contributed by atoms with van der Waals surface area (Å²) < 4.78 is 10.8. The van der Waals surface area contributed by atoms with Gasteiger partial charge in [0.2, 0.25) is 5.91 Å². The van der Waals surface area contributed by atoms with Crippen LogP contribution in [0.5, 0.6) is 0 Å². The Morgan fingerprint density at radius 2 is 1.56 bits per heavy atom. The van der Waals surface area contributed by atoms with Gasteiger partial charge in [0.1, 0.15) is 12.1 Å². The first kappa shape index (κ1) is 23.8. The Morgan fingerprint density at radius 3 is 2.12 bits per heavy atom. The molecule has 0 heterocycles. The first-order chi connectivity index (χ1) is 15.6.